The summed E-state index contributed by atoms with van der Waals surface area (Å²) in [7, 11) is 1.28. The Morgan fingerprint density at radius 1 is 0.978 bits per heavy atom. The lowest BCUT2D eigenvalue weighted by molar-refractivity contribution is -0.136. The number of nitrogens with zero attached hydrogens (tertiary/aromatic N) is 4. The largest absolute Gasteiger partial charge is 0.453 e. The van der Waals surface area contributed by atoms with E-state index in [-0.39, 0.29) is 18.4 Å². The molecule has 1 fully saturated rings. The van der Waals surface area contributed by atoms with Crippen LogP contribution < -0.4 is 10.6 Å². The van der Waals surface area contributed by atoms with Crippen LogP contribution >= 0.6 is 0 Å². The second kappa shape index (κ2) is 15.0. The summed E-state index contributed by atoms with van der Waals surface area (Å²) in [5.41, 5.74) is 5.75. The molecule has 2 aromatic heterocycles. The Kier molecular flexibility index (Phi) is 10.4. The summed E-state index contributed by atoms with van der Waals surface area (Å²) in [6.07, 6.45) is 5.58. The first-order valence-corrected chi connectivity index (χ1v) is 15.3. The maximum absolute atomic E-state index is 12.8. The zero-order valence-corrected chi connectivity index (χ0v) is 25.9. The van der Waals surface area contributed by atoms with Gasteiger partial charge in [-0.05, 0) is 41.5 Å². The standard InChI is InChI=1S/C33H38N8O5/c1-3-14-40(31(43)18-34-21-42)19-29-35-16-27(37-29)24-10-6-22(7-11-24)23-8-12-25(13-9-23)28-17-36-30(38-28)20-41-15-4-5-26(32(41)44)39-33(45)46-2/h6-13,16-17,21,26H,3-5,14-15,18-20H2,1-2H3,(H,34,42)(H,35,37)(H,36,38)(H,39,45)/t26-/m1/s1. The Bertz CT molecular complexity index is 1650. The van der Waals surface area contributed by atoms with Crippen LogP contribution in [0, 0.1) is 0 Å². The van der Waals surface area contributed by atoms with Crippen molar-refractivity contribution in [3.63, 3.8) is 0 Å². The van der Waals surface area contributed by atoms with Crippen molar-refractivity contribution in [1.82, 2.24) is 40.4 Å². The number of carbonyl (C=O) groups is 4. The number of hydrogen-bond donors (Lipinski definition) is 4. The highest BCUT2D eigenvalue weighted by molar-refractivity contribution is 5.86. The fraction of sp³-hybridized carbons (Fsp3) is 0.333. The molecule has 0 bridgehead atoms. The number of aromatic amines is 2. The van der Waals surface area contributed by atoms with E-state index in [1.54, 1.807) is 22.2 Å². The molecule has 0 spiro atoms. The zero-order chi connectivity index (χ0) is 32.5. The number of alkyl carbamates (subject to hydrolysis) is 1. The molecule has 46 heavy (non-hydrogen) atoms. The van der Waals surface area contributed by atoms with Crippen LogP contribution in [0.4, 0.5) is 4.79 Å². The number of H-pyrrole nitrogens is 2. The van der Waals surface area contributed by atoms with Gasteiger partial charge in [0.25, 0.3) is 0 Å². The van der Waals surface area contributed by atoms with Crippen LogP contribution in [-0.4, -0.2) is 86.8 Å². The maximum atomic E-state index is 12.8. The van der Waals surface area contributed by atoms with Gasteiger partial charge in [-0.25, -0.2) is 14.8 Å². The molecule has 4 N–H and O–H groups in total. The van der Waals surface area contributed by atoms with E-state index < -0.39 is 12.1 Å². The molecule has 5 rings (SSSR count). The van der Waals surface area contributed by atoms with Gasteiger partial charge in [-0.1, -0.05) is 55.5 Å². The molecule has 13 nitrogen and oxygen atoms in total. The van der Waals surface area contributed by atoms with Crippen molar-refractivity contribution in [3.8, 4) is 33.6 Å². The summed E-state index contributed by atoms with van der Waals surface area (Å²) < 4.78 is 4.64. The molecule has 0 radical (unpaired) electrons. The van der Waals surface area contributed by atoms with Crippen molar-refractivity contribution in [2.45, 2.75) is 45.3 Å². The predicted octanol–water partition coefficient (Wildman–Crippen LogP) is 3.47. The third-order valence-electron chi connectivity index (χ3n) is 7.85. The predicted molar refractivity (Wildman–Crippen MR) is 171 cm³/mol. The van der Waals surface area contributed by atoms with E-state index in [9.17, 15) is 19.2 Å². The summed E-state index contributed by atoms with van der Waals surface area (Å²) >= 11 is 0. The lowest BCUT2D eigenvalue weighted by Crippen LogP contribution is -2.51. The monoisotopic (exact) mass is 626 g/mol. The van der Waals surface area contributed by atoms with Gasteiger partial charge in [0.1, 0.15) is 17.7 Å². The maximum Gasteiger partial charge on any atom is 0.407 e. The second-order valence-electron chi connectivity index (χ2n) is 11.0. The third kappa shape index (κ3) is 7.78. The number of nitrogens with one attached hydrogen (secondary N) is 4. The molecule has 3 heterocycles. The van der Waals surface area contributed by atoms with E-state index in [1.165, 1.54) is 7.11 Å². The molecule has 240 valence electrons. The molecular formula is C33H38N8O5. The number of piperidine rings is 1. The first-order chi connectivity index (χ1) is 22.4. The molecule has 1 atom stereocenters. The first kappa shape index (κ1) is 31.9. The number of aromatic nitrogens is 4. The van der Waals surface area contributed by atoms with Gasteiger partial charge in [-0.2, -0.15) is 0 Å². The summed E-state index contributed by atoms with van der Waals surface area (Å²) in [5, 5.41) is 5.03. The minimum absolute atomic E-state index is 0.0390. The molecule has 4 amide bonds. The third-order valence-corrected chi connectivity index (χ3v) is 7.85. The molecule has 0 aliphatic carbocycles. The van der Waals surface area contributed by atoms with Gasteiger partial charge < -0.3 is 35.1 Å². The fourth-order valence-electron chi connectivity index (χ4n) is 5.46. The average Bonchev–Trinajstić information content (AvgIpc) is 3.75. The van der Waals surface area contributed by atoms with Crippen molar-refractivity contribution in [2.75, 3.05) is 26.7 Å². The smallest absolute Gasteiger partial charge is 0.407 e. The van der Waals surface area contributed by atoms with Crippen LogP contribution in [0.5, 0.6) is 0 Å². The normalized spacial score (nSPS) is 14.5. The van der Waals surface area contributed by atoms with Gasteiger partial charge in [-0.15, -0.1) is 0 Å². The zero-order valence-electron chi connectivity index (χ0n) is 25.9. The van der Waals surface area contributed by atoms with Crippen LogP contribution in [0.25, 0.3) is 33.6 Å². The number of rotatable bonds is 13. The van der Waals surface area contributed by atoms with Gasteiger partial charge in [0, 0.05) is 13.1 Å². The van der Waals surface area contributed by atoms with Crippen molar-refractivity contribution in [2.24, 2.45) is 0 Å². The molecule has 1 aliphatic heterocycles. The van der Waals surface area contributed by atoms with Gasteiger partial charge in [0.05, 0.1) is 50.5 Å². The lowest BCUT2D eigenvalue weighted by Gasteiger charge is -2.31. The van der Waals surface area contributed by atoms with Crippen molar-refractivity contribution in [1.29, 1.82) is 0 Å². The number of carbonyl (C=O) groups excluding carboxylic acids is 4. The fourth-order valence-corrected chi connectivity index (χ4v) is 5.46. The van der Waals surface area contributed by atoms with Crippen molar-refractivity contribution < 1.29 is 23.9 Å². The number of methoxy groups -OCH3 is 1. The van der Waals surface area contributed by atoms with Crippen LogP contribution in [0.2, 0.25) is 0 Å². The van der Waals surface area contributed by atoms with E-state index >= 15 is 0 Å². The SMILES string of the molecule is CCCN(Cc1ncc(-c2ccc(-c3ccc(-c4cnc(CN5CCC[C@@H](NC(=O)OC)C5=O)[nH]4)cc3)cc2)[nH]1)C(=O)CNC=O. The number of imidazole rings is 2. The van der Waals surface area contributed by atoms with E-state index in [0.717, 1.165) is 46.5 Å². The summed E-state index contributed by atoms with van der Waals surface area (Å²) in [4.78, 5) is 66.3. The molecule has 0 saturated carbocycles. The number of benzene rings is 2. The first-order valence-electron chi connectivity index (χ1n) is 15.3. The Labute approximate surface area is 266 Å². The van der Waals surface area contributed by atoms with Crippen LogP contribution in [0.15, 0.2) is 60.9 Å². The van der Waals surface area contributed by atoms with E-state index in [1.807, 2.05) is 31.2 Å². The number of likely N-dealkylation sites (tertiary alicyclic amines) is 1. The van der Waals surface area contributed by atoms with Crippen molar-refractivity contribution in [3.05, 3.63) is 72.6 Å². The van der Waals surface area contributed by atoms with E-state index in [2.05, 4.69) is 59.6 Å². The minimum atomic E-state index is -0.612. The van der Waals surface area contributed by atoms with Crippen LogP contribution in [-0.2, 0) is 32.2 Å². The van der Waals surface area contributed by atoms with Gasteiger partial charge in [-0.3, -0.25) is 14.4 Å². The molecule has 4 aromatic rings. The molecule has 1 aliphatic rings. The summed E-state index contributed by atoms with van der Waals surface area (Å²) in [6, 6.07) is 15.7. The minimum Gasteiger partial charge on any atom is -0.453 e. The Hall–Kier alpha value is -5.46. The van der Waals surface area contributed by atoms with E-state index in [0.29, 0.717) is 50.7 Å². The number of ether oxygens (including phenoxy) is 1. The Morgan fingerprint density at radius 3 is 2.15 bits per heavy atom. The average molecular weight is 627 g/mol. The molecule has 2 aromatic carbocycles. The highest BCUT2D eigenvalue weighted by Crippen LogP contribution is 2.27. The van der Waals surface area contributed by atoms with Crippen LogP contribution in [0.3, 0.4) is 0 Å². The molecule has 13 heteroatoms. The molecular weight excluding hydrogens is 588 g/mol. The quantitative estimate of drug-likeness (QED) is 0.165. The van der Waals surface area contributed by atoms with Crippen LogP contribution in [0.1, 0.15) is 37.8 Å². The Balaban J connectivity index is 1.19. The summed E-state index contributed by atoms with van der Waals surface area (Å²) in [5.74, 6) is 1.04. The topological polar surface area (TPSA) is 165 Å². The second-order valence-corrected chi connectivity index (χ2v) is 11.0. The molecule has 1 saturated heterocycles. The number of hydrogen-bond acceptors (Lipinski definition) is 7. The summed E-state index contributed by atoms with van der Waals surface area (Å²) in [6.45, 7) is 3.79. The lowest BCUT2D eigenvalue weighted by atomic mass is 10.0. The van der Waals surface area contributed by atoms with Gasteiger partial charge in [0.15, 0.2) is 0 Å². The van der Waals surface area contributed by atoms with Gasteiger partial charge >= 0.3 is 6.09 Å². The Morgan fingerprint density at radius 2 is 1.57 bits per heavy atom. The highest BCUT2D eigenvalue weighted by atomic mass is 16.5. The molecule has 0 unspecified atom stereocenters. The van der Waals surface area contributed by atoms with Crippen molar-refractivity contribution >= 4 is 24.3 Å². The van der Waals surface area contributed by atoms with E-state index in [4.69, 9.17) is 0 Å². The number of amides is 4. The van der Waals surface area contributed by atoms with Gasteiger partial charge in [0.2, 0.25) is 18.2 Å². The highest BCUT2D eigenvalue weighted by Gasteiger charge is 2.30.